The summed E-state index contributed by atoms with van der Waals surface area (Å²) >= 11 is 0. The summed E-state index contributed by atoms with van der Waals surface area (Å²) in [6, 6.07) is 2.93. The van der Waals surface area contributed by atoms with Gasteiger partial charge in [0.25, 0.3) is 17.3 Å². The summed E-state index contributed by atoms with van der Waals surface area (Å²) in [5.41, 5.74) is -0.975. The molecule has 3 rings (SSSR count). The summed E-state index contributed by atoms with van der Waals surface area (Å²) < 4.78 is 5.14. The lowest BCUT2D eigenvalue weighted by molar-refractivity contribution is -0.394. The molecule has 104 valence electrons. The number of carbonyl (C=O) groups excluding carboxylic acids is 1. The molecule has 2 saturated heterocycles. The molecule has 20 heavy (non-hydrogen) atoms. The van der Waals surface area contributed by atoms with Crippen molar-refractivity contribution < 1.29 is 19.4 Å². The van der Waals surface area contributed by atoms with Gasteiger partial charge in [-0.1, -0.05) is 0 Å². The van der Waals surface area contributed by atoms with Gasteiger partial charge in [-0.2, -0.15) is 0 Å². The van der Waals surface area contributed by atoms with Crippen LogP contribution < -0.4 is 0 Å². The molecule has 0 N–H and O–H groups in total. The standard InChI is InChI=1S/C11H9N3O6/c15-11(12-9-4-20-5-10(9)12)6-1-7(13(16)17)3-8(2-6)14(18)19/h1-3,9-10H,4-5H2. The van der Waals surface area contributed by atoms with E-state index in [2.05, 4.69) is 0 Å². The third kappa shape index (κ3) is 1.88. The summed E-state index contributed by atoms with van der Waals surface area (Å²) in [7, 11) is 0. The first-order chi connectivity index (χ1) is 9.49. The number of amides is 1. The van der Waals surface area contributed by atoms with E-state index in [1.54, 1.807) is 0 Å². The van der Waals surface area contributed by atoms with Crippen molar-refractivity contribution in [2.45, 2.75) is 12.1 Å². The van der Waals surface area contributed by atoms with Gasteiger partial charge in [0.1, 0.15) is 0 Å². The Balaban J connectivity index is 1.94. The maximum absolute atomic E-state index is 12.2. The number of hydrogen-bond acceptors (Lipinski definition) is 6. The Morgan fingerprint density at radius 2 is 1.60 bits per heavy atom. The quantitative estimate of drug-likeness (QED) is 0.457. The number of benzene rings is 1. The average molecular weight is 279 g/mol. The van der Waals surface area contributed by atoms with Gasteiger partial charge >= 0.3 is 0 Å². The maximum Gasteiger partial charge on any atom is 0.277 e. The zero-order chi connectivity index (χ0) is 14.4. The molecule has 1 aromatic carbocycles. The molecule has 9 nitrogen and oxygen atoms in total. The molecule has 0 aromatic heterocycles. The first-order valence-corrected chi connectivity index (χ1v) is 5.83. The fraction of sp³-hybridized carbons (Fsp3) is 0.364. The first-order valence-electron chi connectivity index (χ1n) is 5.83. The van der Waals surface area contributed by atoms with Crippen molar-refractivity contribution in [3.05, 3.63) is 44.0 Å². The molecular formula is C11H9N3O6. The van der Waals surface area contributed by atoms with Crippen molar-refractivity contribution in [2.24, 2.45) is 0 Å². The molecule has 2 atom stereocenters. The summed E-state index contributed by atoms with van der Waals surface area (Å²) in [6.45, 7) is 0.876. The van der Waals surface area contributed by atoms with Gasteiger partial charge in [-0.3, -0.25) is 25.0 Å². The van der Waals surface area contributed by atoms with E-state index in [0.29, 0.717) is 13.2 Å². The number of nitro groups is 2. The van der Waals surface area contributed by atoms with Crippen LogP contribution in [0.25, 0.3) is 0 Å². The van der Waals surface area contributed by atoms with E-state index in [1.165, 1.54) is 4.90 Å². The fourth-order valence-corrected chi connectivity index (χ4v) is 2.41. The highest BCUT2D eigenvalue weighted by atomic mass is 16.6. The highest BCUT2D eigenvalue weighted by Gasteiger charge is 2.55. The van der Waals surface area contributed by atoms with Gasteiger partial charge in [0.2, 0.25) is 0 Å². The normalized spacial score (nSPS) is 23.3. The predicted molar refractivity (Wildman–Crippen MR) is 64.3 cm³/mol. The van der Waals surface area contributed by atoms with Gasteiger partial charge in [-0.15, -0.1) is 0 Å². The van der Waals surface area contributed by atoms with E-state index in [1.807, 2.05) is 0 Å². The van der Waals surface area contributed by atoms with E-state index in [9.17, 15) is 25.0 Å². The SMILES string of the molecule is O=C(c1cc([N+](=O)[O-])cc([N+](=O)[O-])c1)N1C2COCC21. The van der Waals surface area contributed by atoms with Gasteiger partial charge in [0, 0.05) is 12.1 Å². The second kappa shape index (κ2) is 4.23. The molecular weight excluding hydrogens is 270 g/mol. The third-order valence-corrected chi connectivity index (χ3v) is 3.45. The summed E-state index contributed by atoms with van der Waals surface area (Å²) in [6.07, 6.45) is 0. The Bertz CT molecular complexity index is 588. The number of nitro benzene ring substituents is 2. The molecule has 0 aliphatic carbocycles. The van der Waals surface area contributed by atoms with Crippen LogP contribution in [0, 0.1) is 20.2 Å². The Morgan fingerprint density at radius 1 is 1.10 bits per heavy atom. The van der Waals surface area contributed by atoms with E-state index in [0.717, 1.165) is 18.2 Å². The van der Waals surface area contributed by atoms with Crippen LogP contribution in [0.5, 0.6) is 0 Å². The van der Waals surface area contributed by atoms with Crippen molar-refractivity contribution in [3.63, 3.8) is 0 Å². The Labute approximate surface area is 112 Å². The number of carbonyl (C=O) groups is 1. The van der Waals surface area contributed by atoms with Gasteiger partial charge < -0.3 is 9.64 Å². The number of ether oxygens (including phenoxy) is 1. The summed E-state index contributed by atoms with van der Waals surface area (Å²) in [5, 5.41) is 21.5. The van der Waals surface area contributed by atoms with Crippen LogP contribution in [-0.4, -0.2) is 46.0 Å². The smallest absolute Gasteiger partial charge is 0.277 e. The second-order valence-corrected chi connectivity index (χ2v) is 4.64. The lowest BCUT2D eigenvalue weighted by Gasteiger charge is -2.08. The van der Waals surface area contributed by atoms with Crippen LogP contribution >= 0.6 is 0 Å². The van der Waals surface area contributed by atoms with Crippen molar-refractivity contribution in [3.8, 4) is 0 Å². The van der Waals surface area contributed by atoms with Gasteiger partial charge in [-0.05, 0) is 0 Å². The molecule has 9 heteroatoms. The lowest BCUT2D eigenvalue weighted by Crippen LogP contribution is -2.20. The Morgan fingerprint density at radius 3 is 2.05 bits per heavy atom. The molecule has 0 saturated carbocycles. The number of non-ortho nitro benzene ring substituents is 2. The van der Waals surface area contributed by atoms with Crippen LogP contribution in [0.2, 0.25) is 0 Å². The van der Waals surface area contributed by atoms with Crippen molar-refractivity contribution in [1.82, 2.24) is 4.90 Å². The summed E-state index contributed by atoms with van der Waals surface area (Å²) in [5.74, 6) is -0.435. The van der Waals surface area contributed by atoms with Crippen LogP contribution in [0.1, 0.15) is 10.4 Å². The fourth-order valence-electron chi connectivity index (χ4n) is 2.41. The molecule has 2 fully saturated rings. The Hall–Kier alpha value is -2.55. The van der Waals surface area contributed by atoms with Gasteiger partial charge in [0.15, 0.2) is 0 Å². The van der Waals surface area contributed by atoms with Gasteiger partial charge in [-0.25, -0.2) is 0 Å². The molecule has 1 amide bonds. The predicted octanol–water partition coefficient (Wildman–Crippen LogP) is 0.726. The van der Waals surface area contributed by atoms with Gasteiger partial charge in [0.05, 0.1) is 46.8 Å². The molecule has 2 aliphatic heterocycles. The van der Waals surface area contributed by atoms with Crippen LogP contribution in [0.3, 0.4) is 0 Å². The minimum atomic E-state index is -0.754. The highest BCUT2D eigenvalue weighted by molar-refractivity contribution is 5.97. The van der Waals surface area contributed by atoms with Crippen molar-refractivity contribution in [1.29, 1.82) is 0 Å². The minimum absolute atomic E-state index is 0.0131. The second-order valence-electron chi connectivity index (χ2n) is 4.64. The molecule has 0 bridgehead atoms. The highest BCUT2D eigenvalue weighted by Crippen LogP contribution is 2.36. The molecule has 2 unspecified atom stereocenters. The first kappa shape index (κ1) is 12.5. The van der Waals surface area contributed by atoms with Crippen LogP contribution in [0.4, 0.5) is 11.4 Å². The maximum atomic E-state index is 12.2. The zero-order valence-corrected chi connectivity index (χ0v) is 10.1. The molecule has 0 spiro atoms. The number of morpholine rings is 1. The average Bonchev–Trinajstić information content (AvgIpc) is 2.89. The van der Waals surface area contributed by atoms with E-state index < -0.39 is 27.1 Å². The monoisotopic (exact) mass is 279 g/mol. The molecule has 0 radical (unpaired) electrons. The minimum Gasteiger partial charge on any atom is -0.377 e. The van der Waals surface area contributed by atoms with Crippen LogP contribution in [-0.2, 0) is 4.74 Å². The van der Waals surface area contributed by atoms with Crippen molar-refractivity contribution in [2.75, 3.05) is 13.2 Å². The van der Waals surface area contributed by atoms with Crippen LogP contribution in [0.15, 0.2) is 18.2 Å². The van der Waals surface area contributed by atoms with Crippen molar-refractivity contribution >= 4 is 17.3 Å². The lowest BCUT2D eigenvalue weighted by atomic mass is 10.1. The number of nitrogens with zero attached hydrogens (tertiary/aromatic N) is 3. The largest absolute Gasteiger partial charge is 0.377 e. The summed E-state index contributed by atoms with van der Waals surface area (Å²) in [4.78, 5) is 33.8. The number of hydrogen-bond donors (Lipinski definition) is 0. The van der Waals surface area contributed by atoms with E-state index in [4.69, 9.17) is 4.74 Å². The molecule has 2 aliphatic rings. The molecule has 1 aromatic rings. The Kier molecular flexibility index (Phi) is 2.64. The van der Waals surface area contributed by atoms with E-state index in [-0.39, 0.29) is 17.6 Å². The number of fused-ring (bicyclic) bond motifs is 1. The number of rotatable bonds is 3. The zero-order valence-electron chi connectivity index (χ0n) is 10.1. The topological polar surface area (TPSA) is 116 Å². The third-order valence-electron chi connectivity index (χ3n) is 3.45. The van der Waals surface area contributed by atoms with E-state index >= 15 is 0 Å². The molecule has 2 heterocycles.